The van der Waals surface area contributed by atoms with Crippen LogP contribution in [0, 0.1) is 0 Å². The fourth-order valence-electron chi connectivity index (χ4n) is 1.28. The predicted molar refractivity (Wildman–Crippen MR) is 66.2 cm³/mol. The number of carbonyl (C=O) groups excluding carboxylic acids is 2. The molecule has 5 nitrogen and oxygen atoms in total. The summed E-state index contributed by atoms with van der Waals surface area (Å²) in [6.45, 7) is -0.168. The molecule has 0 aliphatic carbocycles. The standard InChI is InChI=1S/C12H14ClNO4/c1-18-12(17)10(15)7-14-11(16)6-8-2-4-9(13)5-3-8/h2-5,10,15H,6-7H2,1H3,(H,14,16). The molecule has 0 aromatic heterocycles. The van der Waals surface area contributed by atoms with Gasteiger partial charge in [0, 0.05) is 5.02 Å². The molecule has 1 aromatic carbocycles. The summed E-state index contributed by atoms with van der Waals surface area (Å²) in [5.74, 6) is -1.07. The Morgan fingerprint density at radius 1 is 1.39 bits per heavy atom. The number of amides is 1. The van der Waals surface area contributed by atoms with Crippen LogP contribution in [0.1, 0.15) is 5.56 Å². The topological polar surface area (TPSA) is 75.6 Å². The quantitative estimate of drug-likeness (QED) is 0.766. The Bertz CT molecular complexity index is 419. The van der Waals surface area contributed by atoms with Crippen molar-refractivity contribution in [2.24, 2.45) is 0 Å². The Hall–Kier alpha value is -1.59. The molecule has 2 N–H and O–H groups in total. The number of aliphatic hydroxyl groups excluding tert-OH is 1. The first-order valence-corrected chi connectivity index (χ1v) is 5.67. The molecule has 18 heavy (non-hydrogen) atoms. The molecule has 0 saturated heterocycles. The van der Waals surface area contributed by atoms with Crippen molar-refractivity contribution < 1.29 is 19.4 Å². The van der Waals surface area contributed by atoms with E-state index in [1.165, 1.54) is 7.11 Å². The second-order valence-corrected chi connectivity index (χ2v) is 4.08. The number of ether oxygens (including phenoxy) is 1. The highest BCUT2D eigenvalue weighted by molar-refractivity contribution is 6.30. The Labute approximate surface area is 110 Å². The molecular formula is C12H14ClNO4. The van der Waals surface area contributed by atoms with E-state index >= 15 is 0 Å². The lowest BCUT2D eigenvalue weighted by atomic mass is 10.1. The van der Waals surface area contributed by atoms with Crippen molar-refractivity contribution >= 4 is 23.5 Å². The average molecular weight is 272 g/mol. The van der Waals surface area contributed by atoms with Crippen molar-refractivity contribution in [3.63, 3.8) is 0 Å². The number of rotatable bonds is 5. The van der Waals surface area contributed by atoms with Gasteiger partial charge in [0.15, 0.2) is 6.10 Å². The molecule has 0 saturated carbocycles. The van der Waals surface area contributed by atoms with E-state index in [-0.39, 0.29) is 18.9 Å². The third-order valence-corrected chi connectivity index (χ3v) is 2.50. The van der Waals surface area contributed by atoms with Gasteiger partial charge in [-0.15, -0.1) is 0 Å². The second-order valence-electron chi connectivity index (χ2n) is 3.65. The smallest absolute Gasteiger partial charge is 0.336 e. The number of carbonyl (C=O) groups is 2. The molecule has 0 aliphatic heterocycles. The van der Waals surface area contributed by atoms with Gasteiger partial charge < -0.3 is 15.2 Å². The number of benzene rings is 1. The molecule has 1 amide bonds. The number of nitrogens with one attached hydrogen (secondary N) is 1. The Kier molecular flexibility index (Phi) is 5.61. The van der Waals surface area contributed by atoms with E-state index in [0.29, 0.717) is 5.02 Å². The highest BCUT2D eigenvalue weighted by atomic mass is 35.5. The number of hydrogen-bond acceptors (Lipinski definition) is 4. The summed E-state index contributed by atoms with van der Waals surface area (Å²) in [5, 5.41) is 12.3. The van der Waals surface area contributed by atoms with Crippen LogP contribution in [-0.4, -0.2) is 36.7 Å². The zero-order chi connectivity index (χ0) is 13.5. The lowest BCUT2D eigenvalue weighted by Crippen LogP contribution is -2.37. The largest absolute Gasteiger partial charge is 0.467 e. The maximum atomic E-state index is 11.5. The molecule has 1 atom stereocenters. The van der Waals surface area contributed by atoms with Gasteiger partial charge in [0.05, 0.1) is 20.1 Å². The lowest BCUT2D eigenvalue weighted by Gasteiger charge is -2.09. The van der Waals surface area contributed by atoms with Crippen molar-refractivity contribution in [2.75, 3.05) is 13.7 Å². The Morgan fingerprint density at radius 3 is 2.56 bits per heavy atom. The Morgan fingerprint density at radius 2 is 2.00 bits per heavy atom. The molecule has 0 aliphatic rings. The van der Waals surface area contributed by atoms with E-state index in [9.17, 15) is 14.7 Å². The first kappa shape index (κ1) is 14.5. The number of methoxy groups -OCH3 is 1. The first-order valence-electron chi connectivity index (χ1n) is 5.30. The maximum absolute atomic E-state index is 11.5. The van der Waals surface area contributed by atoms with Crippen LogP contribution in [-0.2, 0) is 20.7 Å². The van der Waals surface area contributed by atoms with Crippen molar-refractivity contribution in [3.05, 3.63) is 34.9 Å². The molecule has 0 bridgehead atoms. The summed E-state index contributed by atoms with van der Waals surface area (Å²) >= 11 is 5.72. The molecule has 98 valence electrons. The molecule has 0 fully saturated rings. The van der Waals surface area contributed by atoms with Crippen molar-refractivity contribution in [1.82, 2.24) is 5.32 Å². The van der Waals surface area contributed by atoms with Crippen molar-refractivity contribution in [1.29, 1.82) is 0 Å². The summed E-state index contributed by atoms with van der Waals surface area (Å²) in [4.78, 5) is 22.4. The molecule has 1 aromatic rings. The van der Waals surface area contributed by atoms with Gasteiger partial charge in [0.1, 0.15) is 0 Å². The summed E-state index contributed by atoms with van der Waals surface area (Å²) < 4.78 is 4.32. The second kappa shape index (κ2) is 6.98. The molecule has 1 unspecified atom stereocenters. The normalized spacial score (nSPS) is 11.7. The third kappa shape index (κ3) is 4.73. The van der Waals surface area contributed by atoms with Gasteiger partial charge in [0.25, 0.3) is 0 Å². The van der Waals surface area contributed by atoms with E-state index in [0.717, 1.165) is 5.56 Å². The van der Waals surface area contributed by atoms with E-state index < -0.39 is 12.1 Å². The van der Waals surface area contributed by atoms with Gasteiger partial charge in [0.2, 0.25) is 5.91 Å². The summed E-state index contributed by atoms with van der Waals surface area (Å²) in [6.07, 6.45) is -1.19. The number of halogens is 1. The minimum atomic E-state index is -1.34. The summed E-state index contributed by atoms with van der Waals surface area (Å²) in [5.41, 5.74) is 0.796. The monoisotopic (exact) mass is 271 g/mol. The van der Waals surface area contributed by atoms with Gasteiger partial charge in [-0.3, -0.25) is 4.79 Å². The first-order chi connectivity index (χ1) is 8.52. The fourth-order valence-corrected chi connectivity index (χ4v) is 1.41. The van der Waals surface area contributed by atoms with E-state index in [2.05, 4.69) is 10.1 Å². The molecule has 0 heterocycles. The van der Waals surface area contributed by atoms with Crippen LogP contribution < -0.4 is 5.32 Å². The average Bonchev–Trinajstić information content (AvgIpc) is 2.37. The van der Waals surface area contributed by atoms with Gasteiger partial charge in [-0.25, -0.2) is 4.79 Å². The van der Waals surface area contributed by atoms with Crippen molar-refractivity contribution in [2.45, 2.75) is 12.5 Å². The fraction of sp³-hybridized carbons (Fsp3) is 0.333. The summed E-state index contributed by atoms with van der Waals surface area (Å²) in [6, 6.07) is 6.85. The SMILES string of the molecule is COC(=O)C(O)CNC(=O)Cc1ccc(Cl)cc1. The van der Waals surface area contributed by atoms with Crippen LogP contribution in [0.15, 0.2) is 24.3 Å². The predicted octanol–water partition coefficient (Wildman–Crippen LogP) is 0.533. The zero-order valence-corrected chi connectivity index (χ0v) is 10.6. The highest BCUT2D eigenvalue weighted by Gasteiger charge is 2.16. The van der Waals surface area contributed by atoms with Crippen LogP contribution in [0.3, 0.4) is 0 Å². The number of hydrogen-bond donors (Lipinski definition) is 2. The third-order valence-electron chi connectivity index (χ3n) is 2.24. The van der Waals surface area contributed by atoms with E-state index in [4.69, 9.17) is 11.6 Å². The van der Waals surface area contributed by atoms with E-state index in [1.54, 1.807) is 24.3 Å². The van der Waals surface area contributed by atoms with Crippen LogP contribution in [0.25, 0.3) is 0 Å². The molecule has 0 spiro atoms. The van der Waals surface area contributed by atoms with Crippen LogP contribution in [0.5, 0.6) is 0 Å². The lowest BCUT2D eigenvalue weighted by molar-refractivity contribution is -0.150. The van der Waals surface area contributed by atoms with Crippen LogP contribution in [0.2, 0.25) is 5.02 Å². The minimum absolute atomic E-state index is 0.158. The highest BCUT2D eigenvalue weighted by Crippen LogP contribution is 2.09. The molecular weight excluding hydrogens is 258 g/mol. The van der Waals surface area contributed by atoms with E-state index in [1.807, 2.05) is 0 Å². The number of esters is 1. The van der Waals surface area contributed by atoms with Crippen LogP contribution in [0.4, 0.5) is 0 Å². The molecule has 6 heteroatoms. The molecule has 0 radical (unpaired) electrons. The zero-order valence-electron chi connectivity index (χ0n) is 9.85. The van der Waals surface area contributed by atoms with Crippen molar-refractivity contribution in [3.8, 4) is 0 Å². The summed E-state index contributed by atoms with van der Waals surface area (Å²) in [7, 11) is 1.17. The molecule has 1 rings (SSSR count). The van der Waals surface area contributed by atoms with Gasteiger partial charge in [-0.1, -0.05) is 23.7 Å². The van der Waals surface area contributed by atoms with Crippen LogP contribution >= 0.6 is 11.6 Å². The van der Waals surface area contributed by atoms with Gasteiger partial charge in [-0.2, -0.15) is 0 Å². The minimum Gasteiger partial charge on any atom is -0.467 e. The van der Waals surface area contributed by atoms with Gasteiger partial charge in [-0.05, 0) is 17.7 Å². The maximum Gasteiger partial charge on any atom is 0.336 e. The number of aliphatic hydroxyl groups is 1. The Balaban J connectivity index is 2.38. The van der Waals surface area contributed by atoms with Gasteiger partial charge >= 0.3 is 5.97 Å².